The van der Waals surface area contributed by atoms with Gasteiger partial charge >= 0.3 is 0 Å². The zero-order chi connectivity index (χ0) is 20.1. The lowest BCUT2D eigenvalue weighted by Gasteiger charge is -2.26. The van der Waals surface area contributed by atoms with Gasteiger partial charge in [0.15, 0.2) is 0 Å². The number of benzene rings is 1. The van der Waals surface area contributed by atoms with Gasteiger partial charge in [-0.3, -0.25) is 9.59 Å². The topological polar surface area (TPSA) is 65.2 Å². The minimum atomic E-state index is -0.394. The number of rotatable bonds is 4. The van der Waals surface area contributed by atoms with Crippen molar-refractivity contribution in [3.63, 3.8) is 0 Å². The summed E-state index contributed by atoms with van der Waals surface area (Å²) in [5.74, 6) is 0.335. The fraction of sp³-hybridized carbons (Fsp3) is 0.478. The van der Waals surface area contributed by atoms with Crippen LogP contribution in [0, 0.1) is 5.92 Å². The van der Waals surface area contributed by atoms with E-state index in [9.17, 15) is 9.59 Å². The number of piperidine rings is 1. The van der Waals surface area contributed by atoms with Crippen molar-refractivity contribution in [1.82, 2.24) is 9.88 Å². The summed E-state index contributed by atoms with van der Waals surface area (Å²) < 4.78 is 0. The molecule has 1 aliphatic carbocycles. The molecule has 0 unspecified atom stereocenters. The Morgan fingerprint density at radius 2 is 2.00 bits per heavy atom. The minimum Gasteiger partial charge on any atom is -0.364 e. The number of likely N-dealkylation sites (tertiary alicyclic amines) is 1. The van der Waals surface area contributed by atoms with Crippen molar-refractivity contribution < 1.29 is 9.59 Å². The molecule has 2 amide bonds. The number of hydrogen-bond donors (Lipinski definition) is 2. The first-order chi connectivity index (χ1) is 13.3. The quantitative estimate of drug-likeness (QED) is 0.839. The molecule has 5 heteroatoms. The number of nitrogens with one attached hydrogen (secondary N) is 2. The number of fused-ring (bicyclic) bond motifs is 1. The predicted octanol–water partition coefficient (Wildman–Crippen LogP) is 4.12. The van der Waals surface area contributed by atoms with Gasteiger partial charge in [0.25, 0.3) is 5.91 Å². The van der Waals surface area contributed by atoms with E-state index in [0.717, 1.165) is 30.6 Å². The fourth-order valence-corrected chi connectivity index (χ4v) is 4.18. The highest BCUT2D eigenvalue weighted by Crippen LogP contribution is 2.48. The van der Waals surface area contributed by atoms with Crippen LogP contribution in [-0.2, 0) is 16.6 Å². The summed E-state index contributed by atoms with van der Waals surface area (Å²) in [6, 6.07) is 9.65. The van der Waals surface area contributed by atoms with Crippen LogP contribution in [0.4, 0.5) is 5.69 Å². The van der Waals surface area contributed by atoms with Crippen molar-refractivity contribution in [2.24, 2.45) is 5.92 Å². The lowest BCUT2D eigenvalue weighted by molar-refractivity contribution is -0.120. The number of nitrogens with zero attached hydrogens (tertiary/aromatic N) is 1. The van der Waals surface area contributed by atoms with Crippen LogP contribution in [0.3, 0.4) is 0 Å². The molecular formula is C23H29N3O2. The Morgan fingerprint density at radius 1 is 1.21 bits per heavy atom. The van der Waals surface area contributed by atoms with Crippen LogP contribution < -0.4 is 5.32 Å². The number of carbonyl (C=O) groups is 2. The number of aromatic amines is 1. The number of H-pyrrole nitrogens is 1. The maximum atomic E-state index is 13.2. The third-order valence-electron chi connectivity index (χ3n) is 5.98. The van der Waals surface area contributed by atoms with Gasteiger partial charge in [0.2, 0.25) is 5.91 Å². The largest absolute Gasteiger partial charge is 0.364 e. The second-order valence-corrected chi connectivity index (χ2v) is 9.12. The summed E-state index contributed by atoms with van der Waals surface area (Å²) in [7, 11) is 0. The molecule has 5 nitrogen and oxygen atoms in total. The number of amides is 2. The molecule has 2 heterocycles. The maximum absolute atomic E-state index is 13.2. The van der Waals surface area contributed by atoms with Crippen molar-refractivity contribution in [3.8, 4) is 0 Å². The van der Waals surface area contributed by atoms with E-state index >= 15 is 0 Å². The molecule has 2 aliphatic rings. The van der Waals surface area contributed by atoms with Crippen LogP contribution in [0.5, 0.6) is 0 Å². The predicted molar refractivity (Wildman–Crippen MR) is 110 cm³/mol. The molecule has 2 N–H and O–H groups in total. The smallest absolute Gasteiger partial charge is 0.256 e. The second kappa shape index (κ2) is 6.80. The monoisotopic (exact) mass is 379 g/mol. The zero-order valence-corrected chi connectivity index (χ0v) is 17.1. The molecule has 1 saturated carbocycles. The number of carbonyl (C=O) groups excluding carboxylic acids is 2. The number of anilines is 1. The number of aromatic nitrogens is 1. The second-order valence-electron chi connectivity index (χ2n) is 9.12. The molecule has 148 valence electrons. The van der Waals surface area contributed by atoms with E-state index in [4.69, 9.17) is 0 Å². The Bertz CT molecular complexity index is 909. The van der Waals surface area contributed by atoms with E-state index < -0.39 is 6.04 Å². The molecule has 1 saturated heterocycles. The standard InChI is InChI=1S/C23H29N3O2/c1-5-14-7-6-8-17(9-14)25-21(27)19-11-15-10-18(15)26(19)22(28)16-12-20(24-13-16)23(2,3)4/h6-9,12-13,15,18-19,24H,5,10-11H2,1-4H3,(H,25,27)/t15-,18+,19+/m1/s1. The molecule has 0 radical (unpaired) electrons. The van der Waals surface area contributed by atoms with E-state index in [2.05, 4.69) is 44.1 Å². The number of aryl methyl sites for hydroxylation is 1. The summed E-state index contributed by atoms with van der Waals surface area (Å²) >= 11 is 0. The molecule has 3 atom stereocenters. The molecule has 28 heavy (non-hydrogen) atoms. The van der Waals surface area contributed by atoms with Gasteiger partial charge in [-0.05, 0) is 48.9 Å². The van der Waals surface area contributed by atoms with Gasteiger partial charge < -0.3 is 15.2 Å². The van der Waals surface area contributed by atoms with Crippen LogP contribution >= 0.6 is 0 Å². The third kappa shape index (κ3) is 3.46. The maximum Gasteiger partial charge on any atom is 0.256 e. The van der Waals surface area contributed by atoms with Crippen LogP contribution in [0.15, 0.2) is 36.5 Å². The van der Waals surface area contributed by atoms with Gasteiger partial charge in [-0.15, -0.1) is 0 Å². The molecule has 4 rings (SSSR count). The van der Waals surface area contributed by atoms with E-state index in [-0.39, 0.29) is 23.3 Å². The van der Waals surface area contributed by atoms with Gasteiger partial charge in [-0.2, -0.15) is 0 Å². The fourth-order valence-electron chi connectivity index (χ4n) is 4.18. The molecule has 0 spiro atoms. The van der Waals surface area contributed by atoms with E-state index in [0.29, 0.717) is 11.5 Å². The highest BCUT2D eigenvalue weighted by atomic mass is 16.2. The highest BCUT2D eigenvalue weighted by molar-refractivity contribution is 6.02. The Labute approximate surface area is 166 Å². The summed E-state index contributed by atoms with van der Waals surface area (Å²) in [6.45, 7) is 8.43. The normalized spacial score (nSPS) is 23.4. The van der Waals surface area contributed by atoms with E-state index in [1.54, 1.807) is 6.20 Å². The van der Waals surface area contributed by atoms with Crippen LogP contribution in [0.1, 0.15) is 62.2 Å². The molecule has 1 aromatic carbocycles. The first kappa shape index (κ1) is 18.8. The van der Waals surface area contributed by atoms with E-state index in [1.165, 1.54) is 5.56 Å². The molecule has 2 fully saturated rings. The lowest BCUT2D eigenvalue weighted by Crippen LogP contribution is -2.45. The van der Waals surface area contributed by atoms with Crippen molar-refractivity contribution in [2.45, 2.75) is 64.5 Å². The van der Waals surface area contributed by atoms with Crippen LogP contribution in [-0.4, -0.2) is 33.8 Å². The Balaban J connectivity index is 1.52. The highest BCUT2D eigenvalue weighted by Gasteiger charge is 2.56. The third-order valence-corrected chi connectivity index (χ3v) is 5.98. The number of hydrogen-bond acceptors (Lipinski definition) is 2. The van der Waals surface area contributed by atoms with E-state index in [1.807, 2.05) is 29.2 Å². The van der Waals surface area contributed by atoms with Gasteiger partial charge in [0.05, 0.1) is 5.56 Å². The molecule has 1 aliphatic heterocycles. The van der Waals surface area contributed by atoms with Crippen LogP contribution in [0.25, 0.3) is 0 Å². The van der Waals surface area contributed by atoms with Crippen molar-refractivity contribution in [2.75, 3.05) is 5.32 Å². The molecule has 0 bridgehead atoms. The van der Waals surface area contributed by atoms with Crippen molar-refractivity contribution in [3.05, 3.63) is 53.3 Å². The summed E-state index contributed by atoms with van der Waals surface area (Å²) in [4.78, 5) is 31.2. The SMILES string of the molecule is CCc1cccc(NC(=O)[C@@H]2C[C@H]3C[C@@H]3N2C(=O)c2c[nH]c(C(C)(C)C)c2)c1. The summed E-state index contributed by atoms with van der Waals surface area (Å²) in [5.41, 5.74) is 3.60. The summed E-state index contributed by atoms with van der Waals surface area (Å²) in [6.07, 6.45) is 4.47. The molecule has 1 aromatic heterocycles. The zero-order valence-electron chi connectivity index (χ0n) is 17.1. The van der Waals surface area contributed by atoms with Crippen molar-refractivity contribution >= 4 is 17.5 Å². The minimum absolute atomic E-state index is 0.0424. The summed E-state index contributed by atoms with van der Waals surface area (Å²) in [5, 5.41) is 3.02. The van der Waals surface area contributed by atoms with Gasteiger partial charge in [0.1, 0.15) is 6.04 Å². The first-order valence-electron chi connectivity index (χ1n) is 10.2. The lowest BCUT2D eigenvalue weighted by atomic mass is 9.92. The van der Waals surface area contributed by atoms with Crippen LogP contribution in [0.2, 0.25) is 0 Å². The average molecular weight is 380 g/mol. The average Bonchev–Trinajstić information content (AvgIpc) is 3.08. The first-order valence-corrected chi connectivity index (χ1v) is 10.2. The van der Waals surface area contributed by atoms with Gasteiger partial charge in [-0.25, -0.2) is 0 Å². The Morgan fingerprint density at radius 3 is 2.68 bits per heavy atom. The van der Waals surface area contributed by atoms with Gasteiger partial charge in [-0.1, -0.05) is 39.8 Å². The Kier molecular flexibility index (Phi) is 4.56. The molecular weight excluding hydrogens is 350 g/mol. The Hall–Kier alpha value is -2.56. The molecule has 2 aromatic rings. The van der Waals surface area contributed by atoms with Crippen molar-refractivity contribution in [1.29, 1.82) is 0 Å². The van der Waals surface area contributed by atoms with Gasteiger partial charge in [0, 0.05) is 29.0 Å².